The molecule has 1 aliphatic rings. The van der Waals surface area contributed by atoms with Gasteiger partial charge < -0.3 is 13.8 Å². The van der Waals surface area contributed by atoms with Gasteiger partial charge in [0.2, 0.25) is 11.8 Å². The van der Waals surface area contributed by atoms with Crippen LogP contribution in [0, 0.1) is 0 Å². The molecule has 5 rings (SSSR count). The minimum absolute atomic E-state index is 0.0333. The fourth-order valence-corrected chi connectivity index (χ4v) is 3.75. The van der Waals surface area contributed by atoms with E-state index in [1.165, 1.54) is 4.57 Å². The number of benzene rings is 2. The normalized spacial score (nSPS) is 16.8. The molecule has 3 heterocycles. The molecule has 2 aromatic carbocycles. The second kappa shape index (κ2) is 6.89. The van der Waals surface area contributed by atoms with E-state index in [0.29, 0.717) is 34.4 Å². The van der Waals surface area contributed by atoms with Gasteiger partial charge in [0.25, 0.3) is 0 Å². The number of hydrogen-bond acceptors (Lipinski definition) is 6. The summed E-state index contributed by atoms with van der Waals surface area (Å²) in [5.74, 6) is -0.0172. The predicted octanol–water partition coefficient (Wildman–Crippen LogP) is 3.20. The Labute approximate surface area is 169 Å². The number of para-hydroxylation sites is 2. The topological polar surface area (TPSA) is 94.4 Å². The number of carbonyl (C=O) groups is 1. The van der Waals surface area contributed by atoms with E-state index in [9.17, 15) is 9.59 Å². The van der Waals surface area contributed by atoms with E-state index in [1.54, 1.807) is 41.3 Å². The fraction of sp³-hybridized carbons (Fsp3) is 0.200. The number of fused-ring (bicyclic) bond motifs is 1. The molecule has 0 aliphatic carbocycles. The lowest BCUT2D eigenvalue weighted by atomic mass is 10.1. The van der Waals surface area contributed by atoms with Crippen molar-refractivity contribution in [2.45, 2.75) is 18.9 Å². The maximum atomic E-state index is 12.5. The first-order valence-corrected chi connectivity index (χ1v) is 9.43. The summed E-state index contributed by atoms with van der Waals surface area (Å²) in [6.07, 6.45) is 0.267. The molecule has 0 bridgehead atoms. The summed E-state index contributed by atoms with van der Waals surface area (Å²) in [5, 5.41) is 4.55. The van der Waals surface area contributed by atoms with Crippen LogP contribution in [0.25, 0.3) is 11.1 Å². The van der Waals surface area contributed by atoms with Crippen LogP contribution in [0.15, 0.2) is 62.3 Å². The van der Waals surface area contributed by atoms with Crippen LogP contribution in [0.3, 0.4) is 0 Å². The van der Waals surface area contributed by atoms with E-state index < -0.39 is 5.76 Å². The van der Waals surface area contributed by atoms with E-state index in [1.807, 2.05) is 12.1 Å². The lowest BCUT2D eigenvalue weighted by molar-refractivity contribution is -0.117. The minimum atomic E-state index is -0.485. The number of oxazole rings is 1. The molecule has 1 saturated heterocycles. The number of hydrogen-bond donors (Lipinski definition) is 0. The van der Waals surface area contributed by atoms with Crippen LogP contribution >= 0.6 is 11.6 Å². The molecular weight excluding hydrogens is 396 g/mol. The first-order chi connectivity index (χ1) is 14.1. The number of nitrogens with zero attached hydrogens (tertiary/aromatic N) is 4. The number of aromatic nitrogens is 3. The fourth-order valence-electron chi connectivity index (χ4n) is 3.57. The molecule has 8 nitrogen and oxygen atoms in total. The maximum Gasteiger partial charge on any atom is 0.420 e. The van der Waals surface area contributed by atoms with Crippen molar-refractivity contribution in [1.82, 2.24) is 14.7 Å². The van der Waals surface area contributed by atoms with Crippen molar-refractivity contribution in [3.8, 4) is 0 Å². The molecule has 0 saturated carbocycles. The zero-order valence-corrected chi connectivity index (χ0v) is 15.9. The third kappa shape index (κ3) is 3.21. The highest BCUT2D eigenvalue weighted by molar-refractivity contribution is 6.30. The lowest BCUT2D eigenvalue weighted by Crippen LogP contribution is -2.24. The van der Waals surface area contributed by atoms with Crippen LogP contribution in [0.5, 0.6) is 0 Å². The summed E-state index contributed by atoms with van der Waals surface area (Å²) >= 11 is 6.04. The number of anilines is 1. The van der Waals surface area contributed by atoms with Gasteiger partial charge in [0.1, 0.15) is 0 Å². The van der Waals surface area contributed by atoms with Gasteiger partial charge in [-0.3, -0.25) is 9.36 Å². The van der Waals surface area contributed by atoms with Gasteiger partial charge in [-0.1, -0.05) is 35.0 Å². The van der Waals surface area contributed by atoms with Crippen molar-refractivity contribution in [1.29, 1.82) is 0 Å². The van der Waals surface area contributed by atoms with Crippen molar-refractivity contribution < 1.29 is 13.7 Å². The quantitative estimate of drug-likeness (QED) is 0.512. The molecule has 0 radical (unpaired) electrons. The summed E-state index contributed by atoms with van der Waals surface area (Å²) in [4.78, 5) is 30.7. The Morgan fingerprint density at radius 3 is 2.86 bits per heavy atom. The standard InChI is InChI=1S/C20H15ClN4O4/c21-13-4-3-5-14(9-13)24-10-12(8-18(24)26)19-22-17(23-29-19)11-25-15-6-1-2-7-16(15)28-20(25)27/h1-7,9,12H,8,10-11H2/t12-/m0/s1. The first kappa shape index (κ1) is 17.7. The molecule has 1 atom stereocenters. The van der Waals surface area contributed by atoms with Gasteiger partial charge in [-0.2, -0.15) is 4.98 Å². The Morgan fingerprint density at radius 1 is 1.14 bits per heavy atom. The molecule has 0 N–H and O–H groups in total. The molecule has 1 aliphatic heterocycles. The molecule has 4 aromatic rings. The van der Waals surface area contributed by atoms with Gasteiger partial charge in [0, 0.05) is 23.7 Å². The van der Waals surface area contributed by atoms with Gasteiger partial charge in [-0.05, 0) is 30.3 Å². The van der Waals surface area contributed by atoms with Gasteiger partial charge in [0.15, 0.2) is 11.4 Å². The van der Waals surface area contributed by atoms with Crippen molar-refractivity contribution in [2.24, 2.45) is 0 Å². The second-order valence-electron chi connectivity index (χ2n) is 6.86. The van der Waals surface area contributed by atoms with E-state index >= 15 is 0 Å². The third-order valence-corrected chi connectivity index (χ3v) is 5.19. The highest BCUT2D eigenvalue weighted by Crippen LogP contribution is 2.32. The monoisotopic (exact) mass is 410 g/mol. The van der Waals surface area contributed by atoms with Gasteiger partial charge >= 0.3 is 5.76 Å². The summed E-state index contributed by atoms with van der Waals surface area (Å²) in [6, 6.07) is 14.3. The zero-order valence-electron chi connectivity index (χ0n) is 15.1. The Kier molecular flexibility index (Phi) is 4.21. The first-order valence-electron chi connectivity index (χ1n) is 9.05. The molecular formula is C20H15ClN4O4. The highest BCUT2D eigenvalue weighted by atomic mass is 35.5. The summed E-state index contributed by atoms with van der Waals surface area (Å²) < 4.78 is 12.1. The predicted molar refractivity (Wildman–Crippen MR) is 105 cm³/mol. The SMILES string of the molecule is O=C1C[C@H](c2nc(Cn3c(=O)oc4ccccc43)no2)CN1c1cccc(Cl)c1. The van der Waals surface area contributed by atoms with Crippen LogP contribution in [0.1, 0.15) is 24.1 Å². The van der Waals surface area contributed by atoms with Gasteiger partial charge in [-0.15, -0.1) is 0 Å². The number of carbonyl (C=O) groups excluding carboxylic acids is 1. The lowest BCUT2D eigenvalue weighted by Gasteiger charge is -2.16. The van der Waals surface area contributed by atoms with Crippen LogP contribution in [0.4, 0.5) is 5.69 Å². The zero-order chi connectivity index (χ0) is 20.0. The van der Waals surface area contributed by atoms with Crippen molar-refractivity contribution in [3.63, 3.8) is 0 Å². The highest BCUT2D eigenvalue weighted by Gasteiger charge is 2.35. The van der Waals surface area contributed by atoms with Crippen molar-refractivity contribution in [2.75, 3.05) is 11.4 Å². The second-order valence-corrected chi connectivity index (χ2v) is 7.29. The average molecular weight is 411 g/mol. The van der Waals surface area contributed by atoms with Crippen molar-refractivity contribution >= 4 is 34.3 Å². The molecule has 9 heteroatoms. The minimum Gasteiger partial charge on any atom is -0.408 e. The van der Waals surface area contributed by atoms with E-state index in [-0.39, 0.29) is 24.8 Å². The Balaban J connectivity index is 1.37. The number of rotatable bonds is 4. The van der Waals surface area contributed by atoms with E-state index in [0.717, 1.165) is 5.69 Å². The average Bonchev–Trinajstić information content (AvgIpc) is 3.40. The molecule has 0 spiro atoms. The summed E-state index contributed by atoms with van der Waals surface area (Å²) in [6.45, 7) is 0.549. The smallest absolute Gasteiger partial charge is 0.408 e. The van der Waals surface area contributed by atoms with E-state index in [2.05, 4.69) is 10.1 Å². The molecule has 0 unspecified atom stereocenters. The molecule has 29 heavy (non-hydrogen) atoms. The van der Waals surface area contributed by atoms with E-state index in [4.69, 9.17) is 20.5 Å². The van der Waals surface area contributed by atoms with Gasteiger partial charge in [0.05, 0.1) is 18.0 Å². The van der Waals surface area contributed by atoms with Crippen LogP contribution in [0.2, 0.25) is 5.02 Å². The molecule has 146 valence electrons. The largest absolute Gasteiger partial charge is 0.420 e. The Morgan fingerprint density at radius 2 is 2.00 bits per heavy atom. The van der Waals surface area contributed by atoms with Crippen molar-refractivity contribution in [3.05, 3.63) is 75.8 Å². The molecule has 1 fully saturated rings. The summed E-state index contributed by atoms with van der Waals surface area (Å²) in [7, 11) is 0. The van der Waals surface area contributed by atoms with Gasteiger partial charge in [-0.25, -0.2) is 4.79 Å². The molecule has 1 amide bonds. The number of amides is 1. The number of halogens is 1. The molecule has 2 aromatic heterocycles. The Hall–Kier alpha value is -3.39. The summed E-state index contributed by atoms with van der Waals surface area (Å²) in [5.41, 5.74) is 1.90. The van der Waals surface area contributed by atoms with Crippen LogP contribution < -0.4 is 10.7 Å². The van der Waals surface area contributed by atoms with Crippen LogP contribution in [-0.4, -0.2) is 27.2 Å². The third-order valence-electron chi connectivity index (χ3n) is 4.95. The van der Waals surface area contributed by atoms with Crippen LogP contribution in [-0.2, 0) is 11.3 Å². The maximum absolute atomic E-state index is 12.5. The Bertz CT molecular complexity index is 1270.